The van der Waals surface area contributed by atoms with Gasteiger partial charge in [0.25, 0.3) is 5.91 Å². The molecule has 2 N–H and O–H groups in total. The monoisotopic (exact) mass is 285 g/mol. The Balaban J connectivity index is 2.02. The zero-order valence-electron chi connectivity index (χ0n) is 12.2. The molecule has 1 heterocycles. The van der Waals surface area contributed by atoms with Crippen molar-refractivity contribution in [2.75, 3.05) is 26.4 Å². The van der Waals surface area contributed by atoms with Gasteiger partial charge in [-0.2, -0.15) is 0 Å². The summed E-state index contributed by atoms with van der Waals surface area (Å²) in [6.07, 6.45) is 2.47. The molecule has 0 bridgehead atoms. The quantitative estimate of drug-likeness (QED) is 0.853. The molecule has 0 aliphatic rings. The molecule has 0 fully saturated rings. The number of hydrogen-bond donors (Lipinski definition) is 1. The molecule has 1 amide bonds. The van der Waals surface area contributed by atoms with Crippen LogP contribution in [-0.4, -0.2) is 36.5 Å². The normalized spacial score (nSPS) is 10.2. The van der Waals surface area contributed by atoms with Gasteiger partial charge in [-0.05, 0) is 30.3 Å². The number of methoxy groups -OCH3 is 1. The third kappa shape index (κ3) is 3.72. The van der Waals surface area contributed by atoms with E-state index in [4.69, 9.17) is 10.5 Å². The highest BCUT2D eigenvalue weighted by molar-refractivity contribution is 5.95. The van der Waals surface area contributed by atoms with Crippen LogP contribution in [0.4, 0.5) is 5.69 Å². The summed E-state index contributed by atoms with van der Waals surface area (Å²) in [5.74, 6) is 0.447. The molecule has 21 heavy (non-hydrogen) atoms. The van der Waals surface area contributed by atoms with Gasteiger partial charge in [-0.3, -0.25) is 9.78 Å². The number of nitrogens with two attached hydrogens (primary N) is 1. The van der Waals surface area contributed by atoms with E-state index in [-0.39, 0.29) is 5.91 Å². The highest BCUT2D eigenvalue weighted by Crippen LogP contribution is 2.22. The molecule has 0 unspecified atom stereocenters. The number of hydrogen-bond acceptors (Lipinski definition) is 4. The molecule has 1 aromatic carbocycles. The van der Waals surface area contributed by atoms with E-state index in [2.05, 4.69) is 4.98 Å². The minimum absolute atomic E-state index is 0.0655. The molecule has 110 valence electrons. The van der Waals surface area contributed by atoms with Crippen molar-refractivity contribution in [1.29, 1.82) is 0 Å². The summed E-state index contributed by atoms with van der Waals surface area (Å²) < 4.78 is 5.14. The van der Waals surface area contributed by atoms with Gasteiger partial charge < -0.3 is 15.4 Å². The Hall–Kier alpha value is -2.56. The van der Waals surface area contributed by atoms with E-state index >= 15 is 0 Å². The van der Waals surface area contributed by atoms with Crippen molar-refractivity contribution in [3.8, 4) is 5.75 Å². The number of anilines is 1. The molecule has 2 aromatic rings. The summed E-state index contributed by atoms with van der Waals surface area (Å²) in [5, 5.41) is 0. The van der Waals surface area contributed by atoms with E-state index in [0.717, 1.165) is 12.1 Å². The van der Waals surface area contributed by atoms with E-state index < -0.39 is 0 Å². The topological polar surface area (TPSA) is 68.5 Å². The van der Waals surface area contributed by atoms with Crippen LogP contribution >= 0.6 is 0 Å². The predicted octanol–water partition coefficient (Wildman–Crippen LogP) is 1.99. The lowest BCUT2D eigenvalue weighted by atomic mass is 10.1. The summed E-state index contributed by atoms with van der Waals surface area (Å²) in [7, 11) is 3.30. The van der Waals surface area contributed by atoms with Crippen molar-refractivity contribution < 1.29 is 9.53 Å². The summed E-state index contributed by atoms with van der Waals surface area (Å²) in [4.78, 5) is 18.3. The molecular formula is C16H19N3O2. The number of rotatable bonds is 5. The van der Waals surface area contributed by atoms with Crippen molar-refractivity contribution in [1.82, 2.24) is 9.88 Å². The molecule has 0 saturated carbocycles. The van der Waals surface area contributed by atoms with E-state index in [1.165, 1.54) is 7.11 Å². The van der Waals surface area contributed by atoms with Crippen LogP contribution in [-0.2, 0) is 6.42 Å². The first kappa shape index (κ1) is 14.8. The predicted molar refractivity (Wildman–Crippen MR) is 82.3 cm³/mol. The first-order valence-electron chi connectivity index (χ1n) is 6.70. The van der Waals surface area contributed by atoms with Crippen molar-refractivity contribution in [2.24, 2.45) is 0 Å². The number of carbonyl (C=O) groups is 1. The second-order valence-electron chi connectivity index (χ2n) is 4.75. The molecule has 2 rings (SSSR count). The van der Waals surface area contributed by atoms with Crippen molar-refractivity contribution in [3.05, 3.63) is 53.9 Å². The number of aromatic nitrogens is 1. The molecule has 5 nitrogen and oxygen atoms in total. The number of nitrogen functional groups attached to an aromatic ring is 1. The van der Waals surface area contributed by atoms with Crippen LogP contribution in [0, 0.1) is 0 Å². The average Bonchev–Trinajstić information content (AvgIpc) is 2.53. The van der Waals surface area contributed by atoms with Gasteiger partial charge >= 0.3 is 0 Å². The van der Waals surface area contributed by atoms with Crippen LogP contribution in [0.2, 0.25) is 0 Å². The molecule has 5 heteroatoms. The third-order valence-corrected chi connectivity index (χ3v) is 3.26. The highest BCUT2D eigenvalue weighted by Gasteiger charge is 2.13. The Morgan fingerprint density at radius 2 is 2.14 bits per heavy atom. The van der Waals surface area contributed by atoms with Gasteiger partial charge in [-0.1, -0.05) is 6.07 Å². The fraction of sp³-hybridized carbons (Fsp3) is 0.250. The van der Waals surface area contributed by atoms with Crippen molar-refractivity contribution >= 4 is 11.6 Å². The standard InChI is InChI=1S/C16H19N3O2/c1-19(10-8-13-5-3-4-9-18-13)16(20)12-6-7-14(17)15(11-12)21-2/h3-7,9,11H,8,10,17H2,1-2H3. The van der Waals surface area contributed by atoms with Gasteiger partial charge in [0.15, 0.2) is 0 Å². The molecule has 0 atom stereocenters. The number of likely N-dealkylation sites (N-methyl/N-ethyl adjacent to an activating group) is 1. The maximum atomic E-state index is 12.4. The summed E-state index contributed by atoms with van der Waals surface area (Å²) in [5.41, 5.74) is 7.80. The van der Waals surface area contributed by atoms with Crippen LogP contribution < -0.4 is 10.5 Å². The van der Waals surface area contributed by atoms with Crippen LogP contribution in [0.1, 0.15) is 16.1 Å². The number of amides is 1. The molecule has 1 aromatic heterocycles. The van der Waals surface area contributed by atoms with Crippen molar-refractivity contribution in [3.63, 3.8) is 0 Å². The van der Waals surface area contributed by atoms with E-state index in [0.29, 0.717) is 23.5 Å². The maximum absolute atomic E-state index is 12.4. The zero-order chi connectivity index (χ0) is 15.2. The number of pyridine rings is 1. The highest BCUT2D eigenvalue weighted by atomic mass is 16.5. The molecular weight excluding hydrogens is 266 g/mol. The molecule has 0 spiro atoms. The van der Waals surface area contributed by atoms with Gasteiger partial charge in [0, 0.05) is 37.5 Å². The van der Waals surface area contributed by atoms with Crippen LogP contribution in [0.25, 0.3) is 0 Å². The maximum Gasteiger partial charge on any atom is 0.253 e. The Kier molecular flexibility index (Phi) is 4.77. The summed E-state index contributed by atoms with van der Waals surface area (Å²) in [6.45, 7) is 0.600. The van der Waals surface area contributed by atoms with Gasteiger partial charge in [0.1, 0.15) is 5.75 Å². The Labute approximate surface area is 124 Å². The summed E-state index contributed by atoms with van der Waals surface area (Å²) >= 11 is 0. The zero-order valence-corrected chi connectivity index (χ0v) is 12.2. The fourth-order valence-electron chi connectivity index (χ4n) is 1.99. The minimum Gasteiger partial charge on any atom is -0.495 e. The lowest BCUT2D eigenvalue weighted by Gasteiger charge is -2.17. The second-order valence-corrected chi connectivity index (χ2v) is 4.75. The molecule has 0 saturated heterocycles. The minimum atomic E-state index is -0.0655. The van der Waals surface area contributed by atoms with Crippen LogP contribution in [0.15, 0.2) is 42.6 Å². The Morgan fingerprint density at radius 3 is 2.81 bits per heavy atom. The first-order chi connectivity index (χ1) is 10.1. The van der Waals surface area contributed by atoms with Crippen LogP contribution in [0.5, 0.6) is 5.75 Å². The van der Waals surface area contributed by atoms with Crippen LogP contribution in [0.3, 0.4) is 0 Å². The third-order valence-electron chi connectivity index (χ3n) is 3.26. The molecule has 0 aliphatic heterocycles. The van der Waals surface area contributed by atoms with Crippen molar-refractivity contribution in [2.45, 2.75) is 6.42 Å². The molecule has 0 radical (unpaired) electrons. The fourth-order valence-corrected chi connectivity index (χ4v) is 1.99. The lowest BCUT2D eigenvalue weighted by Crippen LogP contribution is -2.29. The van der Waals surface area contributed by atoms with E-state index in [1.807, 2.05) is 18.2 Å². The van der Waals surface area contributed by atoms with E-state index in [9.17, 15) is 4.79 Å². The first-order valence-corrected chi connectivity index (χ1v) is 6.70. The smallest absolute Gasteiger partial charge is 0.253 e. The summed E-state index contributed by atoms with van der Waals surface area (Å²) in [6, 6.07) is 10.8. The Morgan fingerprint density at radius 1 is 1.33 bits per heavy atom. The van der Waals surface area contributed by atoms with Gasteiger partial charge in [0.2, 0.25) is 0 Å². The van der Waals surface area contributed by atoms with Gasteiger partial charge in [-0.15, -0.1) is 0 Å². The lowest BCUT2D eigenvalue weighted by molar-refractivity contribution is 0.0796. The average molecular weight is 285 g/mol. The van der Waals surface area contributed by atoms with Gasteiger partial charge in [-0.25, -0.2) is 0 Å². The number of benzene rings is 1. The van der Waals surface area contributed by atoms with E-state index in [1.54, 1.807) is 36.3 Å². The number of ether oxygens (including phenoxy) is 1. The second kappa shape index (κ2) is 6.74. The number of nitrogens with zero attached hydrogens (tertiary/aromatic N) is 2. The van der Waals surface area contributed by atoms with Gasteiger partial charge in [0.05, 0.1) is 12.8 Å². The Bertz CT molecular complexity index is 614. The largest absolute Gasteiger partial charge is 0.495 e. The molecule has 0 aliphatic carbocycles. The number of carbonyl (C=O) groups excluding carboxylic acids is 1. The SMILES string of the molecule is COc1cc(C(=O)N(C)CCc2ccccn2)ccc1N.